The van der Waals surface area contributed by atoms with Crippen LogP contribution < -0.4 is 0 Å². The van der Waals surface area contributed by atoms with Gasteiger partial charge in [-0.25, -0.2) is 0 Å². The molecule has 0 atom stereocenters. The van der Waals surface area contributed by atoms with E-state index in [2.05, 4.69) is 13.8 Å². The number of hydrogen-bond acceptors (Lipinski definition) is 3. The lowest BCUT2D eigenvalue weighted by molar-refractivity contribution is 0.0904. The lowest BCUT2D eigenvalue weighted by Crippen LogP contribution is -1.99. The summed E-state index contributed by atoms with van der Waals surface area (Å²) in [6.45, 7) is 6.01. The van der Waals surface area contributed by atoms with Gasteiger partial charge in [-0.15, -0.1) is 0 Å². The molecule has 0 aliphatic carbocycles. The Balaban J connectivity index is 0. The lowest BCUT2D eigenvalue weighted by atomic mass is 10.3. The molecule has 88 valence electrons. The number of aliphatic hydroxyl groups is 2. The second kappa shape index (κ2) is 18.6. The van der Waals surface area contributed by atoms with Gasteiger partial charge in [-0.05, 0) is 12.8 Å². The number of rotatable bonds is 8. The van der Waals surface area contributed by atoms with Gasteiger partial charge in [0.05, 0.1) is 13.2 Å². The lowest BCUT2D eigenvalue weighted by Gasteiger charge is -1.97. The highest BCUT2D eigenvalue weighted by Crippen LogP contribution is 1.89. The first-order valence-electron chi connectivity index (χ1n) is 5.62. The Morgan fingerprint density at radius 1 is 0.786 bits per heavy atom. The zero-order chi connectivity index (χ0) is 11.1. The van der Waals surface area contributed by atoms with E-state index in [1.54, 1.807) is 0 Å². The van der Waals surface area contributed by atoms with Gasteiger partial charge in [0.2, 0.25) is 0 Å². The molecule has 0 rings (SSSR count). The van der Waals surface area contributed by atoms with Gasteiger partial charge in [0.25, 0.3) is 0 Å². The molecule has 0 fully saturated rings. The molecule has 0 radical (unpaired) electrons. The Labute approximate surface area is 88.1 Å². The summed E-state index contributed by atoms with van der Waals surface area (Å²) in [6.07, 6.45) is 5.58. The van der Waals surface area contributed by atoms with E-state index < -0.39 is 0 Å². The van der Waals surface area contributed by atoms with Crippen molar-refractivity contribution < 1.29 is 14.9 Å². The topological polar surface area (TPSA) is 49.7 Å². The molecule has 0 aliphatic heterocycles. The molecular weight excluding hydrogens is 180 g/mol. The standard InChI is InChI=1S/C6H14O2.C5H12O/c1-2-3-5-8-6-4-7;1-2-3-4-5-6/h7H,2-6H2,1H3;6H,2-5H2,1H3. The van der Waals surface area contributed by atoms with Crippen LogP contribution in [-0.2, 0) is 4.74 Å². The molecule has 0 saturated heterocycles. The van der Waals surface area contributed by atoms with Gasteiger partial charge in [0, 0.05) is 13.2 Å². The van der Waals surface area contributed by atoms with Crippen LogP contribution in [0.15, 0.2) is 0 Å². The minimum absolute atomic E-state index is 0.143. The predicted molar refractivity (Wildman–Crippen MR) is 59.4 cm³/mol. The third kappa shape index (κ3) is 22.6. The van der Waals surface area contributed by atoms with Gasteiger partial charge >= 0.3 is 0 Å². The molecule has 0 heterocycles. The number of unbranched alkanes of at least 4 members (excludes halogenated alkanes) is 3. The normalized spacial score (nSPS) is 9.43. The predicted octanol–water partition coefficient (Wildman–Crippen LogP) is 1.96. The van der Waals surface area contributed by atoms with Crippen LogP contribution in [0.2, 0.25) is 0 Å². The van der Waals surface area contributed by atoms with E-state index in [-0.39, 0.29) is 6.61 Å². The van der Waals surface area contributed by atoms with Crippen molar-refractivity contribution in [1.29, 1.82) is 0 Å². The molecular formula is C11H26O3. The zero-order valence-electron chi connectivity index (χ0n) is 9.67. The van der Waals surface area contributed by atoms with E-state index in [0.29, 0.717) is 13.2 Å². The van der Waals surface area contributed by atoms with Crippen molar-refractivity contribution in [3.05, 3.63) is 0 Å². The number of aliphatic hydroxyl groups excluding tert-OH is 2. The van der Waals surface area contributed by atoms with Gasteiger partial charge < -0.3 is 14.9 Å². The molecule has 0 saturated carbocycles. The molecule has 0 spiro atoms. The van der Waals surface area contributed by atoms with Crippen molar-refractivity contribution in [2.75, 3.05) is 26.4 Å². The van der Waals surface area contributed by atoms with Crippen LogP contribution >= 0.6 is 0 Å². The summed E-state index contributed by atoms with van der Waals surface area (Å²) in [5, 5.41) is 16.4. The van der Waals surface area contributed by atoms with E-state index in [0.717, 1.165) is 32.3 Å². The van der Waals surface area contributed by atoms with E-state index in [4.69, 9.17) is 14.9 Å². The first-order valence-corrected chi connectivity index (χ1v) is 5.62. The zero-order valence-corrected chi connectivity index (χ0v) is 9.67. The highest BCUT2D eigenvalue weighted by atomic mass is 16.5. The van der Waals surface area contributed by atoms with Crippen LogP contribution in [0, 0.1) is 0 Å². The second-order valence-corrected chi connectivity index (χ2v) is 3.12. The van der Waals surface area contributed by atoms with Crippen molar-refractivity contribution >= 4 is 0 Å². The molecule has 0 unspecified atom stereocenters. The summed E-state index contributed by atoms with van der Waals surface area (Å²) >= 11 is 0. The quantitative estimate of drug-likeness (QED) is 0.597. The van der Waals surface area contributed by atoms with Crippen LogP contribution in [-0.4, -0.2) is 36.6 Å². The van der Waals surface area contributed by atoms with Crippen LogP contribution in [0.1, 0.15) is 46.0 Å². The van der Waals surface area contributed by atoms with Crippen LogP contribution in [0.25, 0.3) is 0 Å². The molecule has 0 amide bonds. The Morgan fingerprint density at radius 2 is 1.43 bits per heavy atom. The van der Waals surface area contributed by atoms with Gasteiger partial charge in [-0.3, -0.25) is 0 Å². The summed E-state index contributed by atoms with van der Waals surface area (Å²) in [6, 6.07) is 0. The molecule has 3 nitrogen and oxygen atoms in total. The molecule has 0 aromatic carbocycles. The monoisotopic (exact) mass is 206 g/mol. The van der Waals surface area contributed by atoms with E-state index >= 15 is 0 Å². The average Bonchev–Trinajstić information content (AvgIpc) is 2.22. The summed E-state index contributed by atoms with van der Waals surface area (Å²) < 4.78 is 4.97. The highest BCUT2D eigenvalue weighted by molar-refractivity contribution is 4.31. The van der Waals surface area contributed by atoms with Crippen molar-refractivity contribution in [2.45, 2.75) is 46.0 Å². The SMILES string of the molecule is CCCCCO.CCCCOCCO. The average molecular weight is 206 g/mol. The minimum atomic E-state index is 0.143. The maximum atomic E-state index is 8.24. The van der Waals surface area contributed by atoms with Gasteiger partial charge in [-0.1, -0.05) is 33.1 Å². The summed E-state index contributed by atoms with van der Waals surface area (Å²) in [5.74, 6) is 0. The summed E-state index contributed by atoms with van der Waals surface area (Å²) in [7, 11) is 0. The Hall–Kier alpha value is -0.120. The first-order chi connectivity index (χ1) is 6.83. The molecule has 2 N–H and O–H groups in total. The fourth-order valence-corrected chi connectivity index (χ4v) is 0.775. The van der Waals surface area contributed by atoms with Gasteiger partial charge in [0.1, 0.15) is 0 Å². The maximum absolute atomic E-state index is 8.24. The van der Waals surface area contributed by atoms with Crippen LogP contribution in [0.3, 0.4) is 0 Å². The summed E-state index contributed by atoms with van der Waals surface area (Å²) in [4.78, 5) is 0. The molecule has 0 aromatic rings. The smallest absolute Gasteiger partial charge is 0.0697 e. The Morgan fingerprint density at radius 3 is 1.79 bits per heavy atom. The highest BCUT2D eigenvalue weighted by Gasteiger charge is 1.82. The van der Waals surface area contributed by atoms with Crippen molar-refractivity contribution in [1.82, 2.24) is 0 Å². The van der Waals surface area contributed by atoms with Crippen molar-refractivity contribution in [3.8, 4) is 0 Å². The van der Waals surface area contributed by atoms with Crippen LogP contribution in [0.5, 0.6) is 0 Å². The van der Waals surface area contributed by atoms with E-state index in [9.17, 15) is 0 Å². The number of ether oxygens (including phenoxy) is 1. The second-order valence-electron chi connectivity index (χ2n) is 3.12. The van der Waals surface area contributed by atoms with Gasteiger partial charge in [0.15, 0.2) is 0 Å². The minimum Gasteiger partial charge on any atom is -0.396 e. The molecule has 0 aliphatic rings. The molecule has 3 heteroatoms. The molecule has 0 bridgehead atoms. The third-order valence-electron chi connectivity index (χ3n) is 1.64. The largest absolute Gasteiger partial charge is 0.396 e. The molecule has 14 heavy (non-hydrogen) atoms. The fraction of sp³-hybridized carbons (Fsp3) is 1.00. The Kier molecular flexibility index (Phi) is 21.7. The third-order valence-corrected chi connectivity index (χ3v) is 1.64. The van der Waals surface area contributed by atoms with E-state index in [1.165, 1.54) is 6.42 Å². The summed E-state index contributed by atoms with van der Waals surface area (Å²) in [5.41, 5.74) is 0. The molecule has 0 aromatic heterocycles. The number of hydrogen-bond donors (Lipinski definition) is 2. The Bertz CT molecular complexity index is 66.9. The van der Waals surface area contributed by atoms with E-state index in [1.807, 2.05) is 0 Å². The van der Waals surface area contributed by atoms with Gasteiger partial charge in [-0.2, -0.15) is 0 Å². The maximum Gasteiger partial charge on any atom is 0.0697 e. The fourth-order valence-electron chi connectivity index (χ4n) is 0.775. The van der Waals surface area contributed by atoms with Crippen LogP contribution in [0.4, 0.5) is 0 Å². The first kappa shape index (κ1) is 16.3. The van der Waals surface area contributed by atoms with Crippen molar-refractivity contribution in [3.63, 3.8) is 0 Å². The van der Waals surface area contributed by atoms with Crippen molar-refractivity contribution in [2.24, 2.45) is 0 Å².